The second-order valence-electron chi connectivity index (χ2n) is 6.51. The Hall–Kier alpha value is -3.16. The van der Waals surface area contributed by atoms with Crippen molar-refractivity contribution in [2.24, 2.45) is 5.73 Å². The van der Waals surface area contributed by atoms with Crippen LogP contribution in [-0.4, -0.2) is 43.1 Å². The van der Waals surface area contributed by atoms with Gasteiger partial charge in [-0.25, -0.2) is 13.6 Å². The molecule has 2 aromatic carbocycles. The van der Waals surface area contributed by atoms with Crippen molar-refractivity contribution in [3.63, 3.8) is 0 Å². The summed E-state index contributed by atoms with van der Waals surface area (Å²) in [4.78, 5) is 27.4. The van der Waals surface area contributed by atoms with E-state index < -0.39 is 23.8 Å². The molecule has 0 bridgehead atoms. The molecule has 0 unspecified atom stereocenters. The number of hydrogen-bond donors (Lipinski definition) is 1. The van der Waals surface area contributed by atoms with Gasteiger partial charge in [-0.2, -0.15) is 0 Å². The molecule has 1 aliphatic rings. The third kappa shape index (κ3) is 4.76. The van der Waals surface area contributed by atoms with Crippen molar-refractivity contribution in [2.45, 2.75) is 12.5 Å². The zero-order valence-electron chi connectivity index (χ0n) is 15.2. The van der Waals surface area contributed by atoms with Crippen LogP contribution >= 0.6 is 0 Å². The fourth-order valence-electron chi connectivity index (χ4n) is 3.22. The molecule has 1 fully saturated rings. The number of piperazine rings is 1. The van der Waals surface area contributed by atoms with Crippen molar-refractivity contribution in [3.8, 4) is 0 Å². The Balaban J connectivity index is 1.60. The van der Waals surface area contributed by atoms with Crippen molar-refractivity contribution in [1.29, 1.82) is 0 Å². The highest BCUT2D eigenvalue weighted by Crippen LogP contribution is 2.24. The number of anilines is 1. The molecule has 2 amide bonds. The summed E-state index contributed by atoms with van der Waals surface area (Å²) in [5, 5.41) is 0. The third-order valence-electron chi connectivity index (χ3n) is 4.69. The number of carbonyl (C=O) groups excluding carboxylic acids is 2. The zero-order chi connectivity index (χ0) is 20.1. The predicted octanol–water partition coefficient (Wildman–Crippen LogP) is 2.84. The van der Waals surface area contributed by atoms with Gasteiger partial charge >= 0.3 is 6.09 Å². The van der Waals surface area contributed by atoms with Gasteiger partial charge in [-0.3, -0.25) is 4.79 Å². The number of nitrogens with zero attached hydrogens (tertiary/aromatic N) is 2. The lowest BCUT2D eigenvalue weighted by Gasteiger charge is -2.36. The molecule has 8 heteroatoms. The average Bonchev–Trinajstić information content (AvgIpc) is 2.70. The van der Waals surface area contributed by atoms with E-state index in [0.29, 0.717) is 37.4 Å². The van der Waals surface area contributed by atoms with Gasteiger partial charge in [-0.05, 0) is 17.7 Å². The number of amides is 2. The number of rotatable bonds is 5. The zero-order valence-corrected chi connectivity index (χ0v) is 15.2. The van der Waals surface area contributed by atoms with E-state index in [1.807, 2.05) is 11.0 Å². The normalized spacial score (nSPS) is 15.2. The molecule has 0 aliphatic carbocycles. The van der Waals surface area contributed by atoms with Crippen LogP contribution in [0, 0.1) is 11.6 Å². The van der Waals surface area contributed by atoms with Crippen LogP contribution in [0.15, 0.2) is 48.5 Å². The van der Waals surface area contributed by atoms with Crippen LogP contribution < -0.4 is 10.6 Å². The lowest BCUT2D eigenvalue weighted by Crippen LogP contribution is -2.49. The van der Waals surface area contributed by atoms with Gasteiger partial charge in [0.05, 0.1) is 6.42 Å². The first-order chi connectivity index (χ1) is 13.4. The molecule has 0 radical (unpaired) electrons. The maximum absolute atomic E-state index is 13.4. The first-order valence-corrected chi connectivity index (χ1v) is 8.93. The minimum absolute atomic E-state index is 0.0157. The lowest BCUT2D eigenvalue weighted by molar-refractivity contribution is -0.133. The quantitative estimate of drug-likeness (QED) is 0.853. The molecule has 1 saturated heterocycles. The van der Waals surface area contributed by atoms with E-state index in [1.54, 1.807) is 29.2 Å². The molecule has 1 atom stereocenters. The SMILES string of the molecule is NC(=O)O[C@H](CC(=O)N1CCN(c2ccc(F)c(F)c2)CC1)c1ccccc1. The summed E-state index contributed by atoms with van der Waals surface area (Å²) in [6.07, 6.45) is -1.71. The summed E-state index contributed by atoms with van der Waals surface area (Å²) in [7, 11) is 0. The highest BCUT2D eigenvalue weighted by molar-refractivity contribution is 5.78. The van der Waals surface area contributed by atoms with Crippen molar-refractivity contribution >= 4 is 17.7 Å². The molecular weight excluding hydrogens is 368 g/mol. The first-order valence-electron chi connectivity index (χ1n) is 8.93. The number of ether oxygens (including phenoxy) is 1. The Morgan fingerprint density at radius 3 is 2.29 bits per heavy atom. The molecule has 1 aliphatic heterocycles. The fourth-order valence-corrected chi connectivity index (χ4v) is 3.22. The first kappa shape index (κ1) is 19.6. The number of nitrogens with two attached hydrogens (primary N) is 1. The van der Waals surface area contributed by atoms with Gasteiger partial charge in [-0.1, -0.05) is 30.3 Å². The maximum atomic E-state index is 13.4. The molecule has 148 valence electrons. The molecule has 0 aromatic heterocycles. The Labute approximate surface area is 161 Å². The Morgan fingerprint density at radius 1 is 1.00 bits per heavy atom. The van der Waals surface area contributed by atoms with Crippen molar-refractivity contribution in [3.05, 3.63) is 65.7 Å². The van der Waals surface area contributed by atoms with Gasteiger partial charge in [0.25, 0.3) is 0 Å². The van der Waals surface area contributed by atoms with E-state index >= 15 is 0 Å². The second kappa shape index (κ2) is 8.69. The largest absolute Gasteiger partial charge is 0.441 e. The summed E-state index contributed by atoms with van der Waals surface area (Å²) >= 11 is 0. The van der Waals surface area contributed by atoms with Crippen LogP contribution in [-0.2, 0) is 9.53 Å². The number of carbonyl (C=O) groups is 2. The summed E-state index contributed by atoms with van der Waals surface area (Å²) in [6.45, 7) is 1.83. The monoisotopic (exact) mass is 389 g/mol. The summed E-state index contributed by atoms with van der Waals surface area (Å²) in [6, 6.07) is 12.7. The number of benzene rings is 2. The van der Waals surface area contributed by atoms with Crippen LogP contribution in [0.4, 0.5) is 19.3 Å². The standard InChI is InChI=1S/C20H21F2N3O3/c21-16-7-6-15(12-17(16)22)24-8-10-25(11-9-24)19(26)13-18(28-20(23)27)14-4-2-1-3-5-14/h1-7,12,18H,8-11,13H2,(H2,23,27)/t18-/m1/s1. The second-order valence-corrected chi connectivity index (χ2v) is 6.51. The molecule has 2 aromatic rings. The molecular formula is C20H21F2N3O3. The minimum atomic E-state index is -0.940. The predicted molar refractivity (Wildman–Crippen MR) is 99.6 cm³/mol. The summed E-state index contributed by atoms with van der Waals surface area (Å²) in [5.41, 5.74) is 6.40. The Kier molecular flexibility index (Phi) is 6.08. The number of halogens is 2. The molecule has 3 rings (SSSR count). The van der Waals surface area contributed by atoms with E-state index in [9.17, 15) is 18.4 Å². The number of hydrogen-bond acceptors (Lipinski definition) is 4. The van der Waals surface area contributed by atoms with Crippen LogP contribution in [0.25, 0.3) is 0 Å². The number of primary amides is 1. The van der Waals surface area contributed by atoms with E-state index in [0.717, 1.165) is 12.1 Å². The molecule has 6 nitrogen and oxygen atoms in total. The summed E-state index contributed by atoms with van der Waals surface area (Å²) in [5.74, 6) is -1.95. The van der Waals surface area contributed by atoms with Gasteiger partial charge in [-0.15, -0.1) is 0 Å². The van der Waals surface area contributed by atoms with Gasteiger partial charge in [0.15, 0.2) is 11.6 Å². The highest BCUT2D eigenvalue weighted by atomic mass is 19.2. The minimum Gasteiger partial charge on any atom is -0.441 e. The van der Waals surface area contributed by atoms with Crippen LogP contribution in [0.5, 0.6) is 0 Å². The lowest BCUT2D eigenvalue weighted by atomic mass is 10.1. The maximum Gasteiger partial charge on any atom is 0.405 e. The van der Waals surface area contributed by atoms with E-state index in [-0.39, 0.29) is 12.3 Å². The van der Waals surface area contributed by atoms with Crippen LogP contribution in [0.2, 0.25) is 0 Å². The third-order valence-corrected chi connectivity index (χ3v) is 4.69. The van der Waals surface area contributed by atoms with Crippen molar-refractivity contribution in [2.75, 3.05) is 31.1 Å². The van der Waals surface area contributed by atoms with Gasteiger partial charge in [0.2, 0.25) is 5.91 Å². The van der Waals surface area contributed by atoms with E-state index in [4.69, 9.17) is 10.5 Å². The molecule has 1 heterocycles. The van der Waals surface area contributed by atoms with Crippen molar-refractivity contribution < 1.29 is 23.1 Å². The molecule has 28 heavy (non-hydrogen) atoms. The Morgan fingerprint density at radius 2 is 1.68 bits per heavy atom. The smallest absolute Gasteiger partial charge is 0.405 e. The highest BCUT2D eigenvalue weighted by Gasteiger charge is 2.26. The Bertz CT molecular complexity index is 840. The fraction of sp³-hybridized carbons (Fsp3) is 0.300. The van der Waals surface area contributed by atoms with Gasteiger partial charge in [0, 0.05) is 37.9 Å². The van der Waals surface area contributed by atoms with Gasteiger partial charge < -0.3 is 20.3 Å². The molecule has 0 spiro atoms. The summed E-state index contributed by atoms with van der Waals surface area (Å²) < 4.78 is 31.6. The van der Waals surface area contributed by atoms with Crippen LogP contribution in [0.3, 0.4) is 0 Å². The van der Waals surface area contributed by atoms with Crippen molar-refractivity contribution in [1.82, 2.24) is 4.90 Å². The topological polar surface area (TPSA) is 75.9 Å². The van der Waals surface area contributed by atoms with E-state index in [2.05, 4.69) is 0 Å². The van der Waals surface area contributed by atoms with Gasteiger partial charge in [0.1, 0.15) is 6.10 Å². The molecule has 0 saturated carbocycles. The molecule has 2 N–H and O–H groups in total. The average molecular weight is 389 g/mol. The van der Waals surface area contributed by atoms with Crippen LogP contribution in [0.1, 0.15) is 18.1 Å². The van der Waals surface area contributed by atoms with E-state index in [1.165, 1.54) is 6.07 Å².